The van der Waals surface area contributed by atoms with Crippen molar-refractivity contribution in [1.82, 2.24) is 20.5 Å². The number of aryl methyl sites for hydroxylation is 1. The van der Waals surface area contributed by atoms with E-state index in [0.717, 1.165) is 40.0 Å². The standard InChI is InChI=1S/C28H28N4O/c1-18(2)26-15-22(12-13-29-26)24-16-30-32-28(24)33-17-20-8-10-21(11-9-20)27-19(3)14-23-6-4-5-7-25(23)31-27/h4-12,14-16,18,29H,13,17H2,1-3H3,(H,30,32). The van der Waals surface area contributed by atoms with Gasteiger partial charge in [0.1, 0.15) is 6.61 Å². The van der Waals surface area contributed by atoms with Crippen LogP contribution in [0.5, 0.6) is 5.88 Å². The summed E-state index contributed by atoms with van der Waals surface area (Å²) >= 11 is 0. The third-order valence-corrected chi connectivity index (χ3v) is 6.00. The Morgan fingerprint density at radius 3 is 2.70 bits per heavy atom. The molecule has 0 atom stereocenters. The van der Waals surface area contributed by atoms with Crippen LogP contribution in [0.25, 0.3) is 27.7 Å². The Hall–Kier alpha value is -3.86. The maximum Gasteiger partial charge on any atom is 0.217 e. The Kier molecular flexibility index (Phi) is 5.69. The number of nitrogens with zero attached hydrogens (tertiary/aromatic N) is 2. The van der Waals surface area contributed by atoms with E-state index in [1.807, 2.05) is 18.3 Å². The maximum atomic E-state index is 6.11. The lowest BCUT2D eigenvalue weighted by Gasteiger charge is -2.19. The molecule has 0 radical (unpaired) electrons. The first-order chi connectivity index (χ1) is 16.1. The Balaban J connectivity index is 1.32. The van der Waals surface area contributed by atoms with E-state index in [-0.39, 0.29) is 0 Å². The van der Waals surface area contributed by atoms with Crippen molar-refractivity contribution < 1.29 is 4.74 Å². The topological polar surface area (TPSA) is 62.8 Å². The molecule has 3 heterocycles. The number of allylic oxidation sites excluding steroid dienone is 3. The molecule has 0 saturated carbocycles. The third kappa shape index (κ3) is 4.40. The minimum atomic E-state index is 0.448. The highest BCUT2D eigenvalue weighted by Gasteiger charge is 2.15. The smallest absolute Gasteiger partial charge is 0.217 e. The molecular weight excluding hydrogens is 408 g/mol. The van der Waals surface area contributed by atoms with Crippen LogP contribution >= 0.6 is 0 Å². The minimum absolute atomic E-state index is 0.448. The van der Waals surface area contributed by atoms with Gasteiger partial charge < -0.3 is 10.1 Å². The largest absolute Gasteiger partial charge is 0.473 e. The van der Waals surface area contributed by atoms with Gasteiger partial charge in [-0.15, -0.1) is 0 Å². The second-order valence-corrected chi connectivity index (χ2v) is 8.74. The van der Waals surface area contributed by atoms with Crippen molar-refractivity contribution in [2.24, 2.45) is 5.92 Å². The van der Waals surface area contributed by atoms with Crippen LogP contribution in [0.1, 0.15) is 30.5 Å². The summed E-state index contributed by atoms with van der Waals surface area (Å²) in [7, 11) is 0. The lowest BCUT2D eigenvalue weighted by molar-refractivity contribution is 0.292. The van der Waals surface area contributed by atoms with Gasteiger partial charge in [-0.3, -0.25) is 0 Å². The predicted octanol–water partition coefficient (Wildman–Crippen LogP) is 6.04. The first-order valence-electron chi connectivity index (χ1n) is 11.4. The molecule has 5 nitrogen and oxygen atoms in total. The number of aromatic nitrogens is 3. The van der Waals surface area contributed by atoms with Gasteiger partial charge in [-0.25, -0.2) is 10.1 Å². The van der Waals surface area contributed by atoms with Gasteiger partial charge >= 0.3 is 0 Å². The quantitative estimate of drug-likeness (QED) is 0.387. The summed E-state index contributed by atoms with van der Waals surface area (Å²) in [6.45, 7) is 7.76. The van der Waals surface area contributed by atoms with Gasteiger partial charge in [0.25, 0.3) is 0 Å². The number of dihydropyridines is 1. The molecule has 2 aromatic heterocycles. The zero-order valence-corrected chi connectivity index (χ0v) is 19.2. The Bertz CT molecular complexity index is 1350. The summed E-state index contributed by atoms with van der Waals surface area (Å²) in [5, 5.41) is 11.8. The zero-order chi connectivity index (χ0) is 22.8. The Morgan fingerprint density at radius 1 is 1.06 bits per heavy atom. The van der Waals surface area contributed by atoms with Crippen LogP contribution in [0.2, 0.25) is 0 Å². The summed E-state index contributed by atoms with van der Waals surface area (Å²) in [6.07, 6.45) is 6.18. The van der Waals surface area contributed by atoms with Crippen LogP contribution in [0, 0.1) is 12.8 Å². The van der Waals surface area contributed by atoms with E-state index in [1.54, 1.807) is 0 Å². The van der Waals surface area contributed by atoms with Crippen molar-refractivity contribution in [2.45, 2.75) is 27.4 Å². The molecule has 0 bridgehead atoms. The van der Waals surface area contributed by atoms with Gasteiger partial charge in [-0.2, -0.15) is 5.10 Å². The fourth-order valence-corrected chi connectivity index (χ4v) is 4.13. The molecule has 2 N–H and O–H groups in total. The molecule has 33 heavy (non-hydrogen) atoms. The van der Waals surface area contributed by atoms with Gasteiger partial charge in [0, 0.05) is 23.2 Å². The summed E-state index contributed by atoms with van der Waals surface area (Å²) in [4.78, 5) is 4.88. The lowest BCUT2D eigenvalue weighted by Crippen LogP contribution is -2.20. The monoisotopic (exact) mass is 436 g/mol. The van der Waals surface area contributed by atoms with Crippen LogP contribution in [0.4, 0.5) is 0 Å². The van der Waals surface area contributed by atoms with Crippen LogP contribution in [-0.4, -0.2) is 21.7 Å². The molecule has 0 aliphatic carbocycles. The van der Waals surface area contributed by atoms with E-state index in [9.17, 15) is 0 Å². The van der Waals surface area contributed by atoms with E-state index < -0.39 is 0 Å². The number of hydrogen-bond acceptors (Lipinski definition) is 4. The van der Waals surface area contributed by atoms with Gasteiger partial charge in [-0.1, -0.05) is 62.4 Å². The minimum Gasteiger partial charge on any atom is -0.473 e. The molecule has 0 amide bonds. The molecule has 5 heteroatoms. The fraction of sp³-hybridized carbons (Fsp3) is 0.214. The van der Waals surface area contributed by atoms with Crippen LogP contribution in [0.3, 0.4) is 0 Å². The SMILES string of the molecule is Cc1cc2ccccc2nc1-c1ccc(COc2[nH]ncc2C2=CCNC(C(C)C)=C2)cc1. The van der Waals surface area contributed by atoms with Gasteiger partial charge in [0.2, 0.25) is 5.88 Å². The molecule has 4 aromatic rings. The molecule has 0 unspecified atom stereocenters. The summed E-state index contributed by atoms with van der Waals surface area (Å²) in [5.41, 5.74) is 8.75. The number of hydrogen-bond donors (Lipinski definition) is 2. The van der Waals surface area contributed by atoms with Crippen molar-refractivity contribution in [3.63, 3.8) is 0 Å². The number of rotatable bonds is 6. The van der Waals surface area contributed by atoms with Crippen molar-refractivity contribution in [2.75, 3.05) is 6.54 Å². The second-order valence-electron chi connectivity index (χ2n) is 8.74. The van der Waals surface area contributed by atoms with Crippen LogP contribution < -0.4 is 10.1 Å². The Labute approximate surface area is 194 Å². The molecule has 166 valence electrons. The highest BCUT2D eigenvalue weighted by Crippen LogP contribution is 2.29. The molecule has 0 fully saturated rings. The summed E-state index contributed by atoms with van der Waals surface area (Å²) < 4.78 is 6.11. The van der Waals surface area contributed by atoms with Crippen molar-refractivity contribution >= 4 is 16.5 Å². The highest BCUT2D eigenvalue weighted by atomic mass is 16.5. The average molecular weight is 437 g/mol. The molecular formula is C28H28N4O. The predicted molar refractivity (Wildman–Crippen MR) is 134 cm³/mol. The van der Waals surface area contributed by atoms with E-state index >= 15 is 0 Å². The van der Waals surface area contributed by atoms with Crippen LogP contribution in [0.15, 0.2) is 78.6 Å². The number of pyridine rings is 1. The second kappa shape index (κ2) is 8.94. The van der Waals surface area contributed by atoms with Gasteiger partial charge in [-0.05, 0) is 47.8 Å². The number of fused-ring (bicyclic) bond motifs is 1. The van der Waals surface area contributed by atoms with Crippen molar-refractivity contribution in [1.29, 1.82) is 0 Å². The van der Waals surface area contributed by atoms with Crippen molar-refractivity contribution in [3.8, 4) is 17.1 Å². The van der Waals surface area contributed by atoms with Crippen LogP contribution in [-0.2, 0) is 6.61 Å². The fourth-order valence-electron chi connectivity index (χ4n) is 4.13. The van der Waals surface area contributed by atoms with Gasteiger partial charge in [0.15, 0.2) is 0 Å². The molecule has 0 saturated heterocycles. The van der Waals surface area contributed by atoms with E-state index in [1.165, 1.54) is 16.6 Å². The van der Waals surface area contributed by atoms with E-state index in [4.69, 9.17) is 9.72 Å². The normalized spacial score (nSPS) is 13.6. The summed E-state index contributed by atoms with van der Waals surface area (Å²) in [5.74, 6) is 1.14. The highest BCUT2D eigenvalue weighted by molar-refractivity contribution is 5.83. The number of benzene rings is 2. The molecule has 5 rings (SSSR count). The maximum absolute atomic E-state index is 6.11. The van der Waals surface area contributed by atoms with Gasteiger partial charge in [0.05, 0.1) is 23.0 Å². The number of aromatic amines is 1. The van der Waals surface area contributed by atoms with E-state index in [0.29, 0.717) is 18.4 Å². The first-order valence-corrected chi connectivity index (χ1v) is 11.4. The third-order valence-electron chi connectivity index (χ3n) is 6.00. The van der Waals surface area contributed by atoms with Crippen molar-refractivity contribution in [3.05, 3.63) is 95.3 Å². The molecule has 1 aliphatic heterocycles. The molecule has 2 aromatic carbocycles. The number of nitrogens with one attached hydrogen (secondary N) is 2. The summed E-state index contributed by atoms with van der Waals surface area (Å²) in [6, 6.07) is 18.9. The zero-order valence-electron chi connectivity index (χ0n) is 19.2. The number of ether oxygens (including phenoxy) is 1. The number of H-pyrrole nitrogens is 1. The average Bonchev–Trinajstić information content (AvgIpc) is 3.31. The molecule has 0 spiro atoms. The first kappa shape index (κ1) is 21.0. The van der Waals surface area contributed by atoms with E-state index in [2.05, 4.69) is 90.9 Å². The lowest BCUT2D eigenvalue weighted by atomic mass is 10.0. The molecule has 1 aliphatic rings. The number of para-hydroxylation sites is 1. The Morgan fingerprint density at radius 2 is 1.88 bits per heavy atom.